The minimum Gasteiger partial charge on any atom is -0.349 e. The van der Waals surface area contributed by atoms with E-state index in [1.165, 1.54) is 12.1 Å². The number of nitrogens with one attached hydrogen (secondary N) is 1. The van der Waals surface area contributed by atoms with Crippen molar-refractivity contribution in [3.63, 3.8) is 0 Å². The van der Waals surface area contributed by atoms with E-state index in [2.05, 4.69) is 10.3 Å². The summed E-state index contributed by atoms with van der Waals surface area (Å²) in [6.07, 6.45) is -1.26. The van der Waals surface area contributed by atoms with Crippen molar-refractivity contribution in [2.45, 2.75) is 11.9 Å². The molecule has 4 nitrogen and oxygen atoms in total. The summed E-state index contributed by atoms with van der Waals surface area (Å²) in [4.78, 5) is 3.89. The summed E-state index contributed by atoms with van der Waals surface area (Å²) < 4.78 is 38.4. The summed E-state index contributed by atoms with van der Waals surface area (Å²) >= 11 is 1.15. The molecule has 126 valence electrons. The van der Waals surface area contributed by atoms with Crippen molar-refractivity contribution in [1.29, 1.82) is 10.5 Å². The molecule has 0 aliphatic carbocycles. The van der Waals surface area contributed by atoms with Crippen molar-refractivity contribution >= 4 is 17.4 Å². The molecular weight excluding hydrogens is 349 g/mol. The Bertz CT molecular complexity index is 833. The maximum absolute atomic E-state index is 12.8. The lowest BCUT2D eigenvalue weighted by Gasteiger charge is -2.13. The van der Waals surface area contributed by atoms with Gasteiger partial charge in [-0.15, -0.1) is 11.8 Å². The van der Waals surface area contributed by atoms with Crippen LogP contribution in [0.2, 0.25) is 0 Å². The summed E-state index contributed by atoms with van der Waals surface area (Å²) in [5, 5.41) is 21.1. The molecule has 0 unspecified atom stereocenters. The number of rotatable bonds is 5. The van der Waals surface area contributed by atoms with Gasteiger partial charge >= 0.3 is 6.18 Å². The van der Waals surface area contributed by atoms with Gasteiger partial charge in [-0.05, 0) is 35.9 Å². The predicted octanol–water partition coefficient (Wildman–Crippen LogP) is 4.70. The normalized spacial score (nSPS) is 10.4. The van der Waals surface area contributed by atoms with Gasteiger partial charge in [-0.2, -0.15) is 23.7 Å². The molecule has 0 fully saturated rings. The molecule has 1 aromatic heterocycles. The molecule has 8 heteroatoms. The number of pyridine rings is 1. The van der Waals surface area contributed by atoms with Gasteiger partial charge in [0.1, 0.15) is 17.2 Å². The van der Waals surface area contributed by atoms with E-state index in [9.17, 15) is 13.2 Å². The molecule has 0 aliphatic heterocycles. The van der Waals surface area contributed by atoms with Crippen molar-refractivity contribution in [2.24, 2.45) is 0 Å². The van der Waals surface area contributed by atoms with Crippen LogP contribution in [0.1, 0.15) is 11.1 Å². The maximum Gasteiger partial charge on any atom is 0.416 e. The van der Waals surface area contributed by atoms with Crippen LogP contribution >= 0.6 is 11.8 Å². The number of halogens is 3. The van der Waals surface area contributed by atoms with Gasteiger partial charge in [0.25, 0.3) is 0 Å². The Morgan fingerprint density at radius 2 is 1.80 bits per heavy atom. The van der Waals surface area contributed by atoms with E-state index in [0.717, 1.165) is 29.5 Å². The van der Waals surface area contributed by atoms with Gasteiger partial charge < -0.3 is 5.32 Å². The second kappa shape index (κ2) is 8.22. The van der Waals surface area contributed by atoms with Crippen LogP contribution in [-0.2, 0) is 11.9 Å². The first-order chi connectivity index (χ1) is 11.9. The number of alkyl halides is 3. The number of benzene rings is 1. The number of aromatic nitrogens is 1. The quantitative estimate of drug-likeness (QED) is 0.782. The Balaban J connectivity index is 2.25. The van der Waals surface area contributed by atoms with Gasteiger partial charge in [-0.25, -0.2) is 0 Å². The third-order valence-corrected chi connectivity index (χ3v) is 4.10. The average molecular weight is 360 g/mol. The first kappa shape index (κ1) is 18.4. The molecule has 1 heterocycles. The average Bonchev–Trinajstić information content (AvgIpc) is 2.61. The molecule has 0 amide bonds. The summed E-state index contributed by atoms with van der Waals surface area (Å²) in [5.41, 5.74) is 0.0385. The zero-order valence-electron chi connectivity index (χ0n) is 12.7. The molecule has 0 spiro atoms. The fraction of sp³-hybridized carbons (Fsp3) is 0.118. The number of allylic oxidation sites excluding steroid dienone is 1. The van der Waals surface area contributed by atoms with Crippen LogP contribution < -0.4 is 5.32 Å². The molecular formula is C17H11F3N4S. The summed E-state index contributed by atoms with van der Waals surface area (Å²) in [6, 6.07) is 11.6. The smallest absolute Gasteiger partial charge is 0.349 e. The zero-order valence-corrected chi connectivity index (χ0v) is 13.5. The highest BCUT2D eigenvalue weighted by Crippen LogP contribution is 2.32. The number of nitrogens with zero attached hydrogens (tertiary/aromatic N) is 3. The first-order valence-corrected chi connectivity index (χ1v) is 7.93. The number of anilines is 1. The summed E-state index contributed by atoms with van der Waals surface area (Å²) in [5.74, 6) is 0.427. The Morgan fingerprint density at radius 1 is 1.12 bits per heavy atom. The minimum atomic E-state index is -4.47. The van der Waals surface area contributed by atoms with Gasteiger partial charge in [0.15, 0.2) is 5.57 Å². The third-order valence-electron chi connectivity index (χ3n) is 3.03. The van der Waals surface area contributed by atoms with Gasteiger partial charge in [-0.3, -0.25) is 4.98 Å². The lowest BCUT2D eigenvalue weighted by molar-refractivity contribution is -0.137. The van der Waals surface area contributed by atoms with Gasteiger partial charge in [0.2, 0.25) is 0 Å². The molecule has 2 aromatic rings. The van der Waals surface area contributed by atoms with E-state index in [1.807, 2.05) is 0 Å². The molecule has 1 N–H and O–H groups in total. The number of hydrogen-bond acceptors (Lipinski definition) is 5. The predicted molar refractivity (Wildman–Crippen MR) is 88.9 cm³/mol. The Kier molecular flexibility index (Phi) is 6.04. The van der Waals surface area contributed by atoms with Gasteiger partial charge in [-0.1, -0.05) is 6.07 Å². The van der Waals surface area contributed by atoms with E-state index < -0.39 is 11.7 Å². The van der Waals surface area contributed by atoms with Crippen molar-refractivity contribution in [3.05, 3.63) is 70.5 Å². The topological polar surface area (TPSA) is 72.5 Å². The second-order valence-corrected chi connectivity index (χ2v) is 5.76. The fourth-order valence-corrected chi connectivity index (χ4v) is 2.77. The molecule has 0 saturated carbocycles. The van der Waals surface area contributed by atoms with E-state index in [1.54, 1.807) is 36.7 Å². The second-order valence-electron chi connectivity index (χ2n) is 4.78. The molecule has 25 heavy (non-hydrogen) atoms. The highest BCUT2D eigenvalue weighted by molar-refractivity contribution is 8.02. The Labute approximate surface area is 146 Å². The SMILES string of the molecule is N#CC(C#N)=C(Nc1cccc(C(F)(F)F)c1)SCc1ccncc1. The van der Waals surface area contributed by atoms with Crippen molar-refractivity contribution in [1.82, 2.24) is 4.98 Å². The molecule has 2 rings (SSSR count). The standard InChI is InChI=1S/C17H11F3N4S/c18-17(19,20)14-2-1-3-15(8-14)24-16(13(9-21)10-22)25-11-12-4-6-23-7-5-12/h1-8,24H,11H2. The van der Waals surface area contributed by atoms with Gasteiger partial charge in [0, 0.05) is 23.8 Å². The van der Waals surface area contributed by atoms with Gasteiger partial charge in [0.05, 0.1) is 5.56 Å². The van der Waals surface area contributed by atoms with Crippen LogP contribution in [0.5, 0.6) is 0 Å². The van der Waals surface area contributed by atoms with Crippen LogP contribution in [0, 0.1) is 22.7 Å². The van der Waals surface area contributed by atoms with Crippen molar-refractivity contribution < 1.29 is 13.2 Å². The highest BCUT2D eigenvalue weighted by atomic mass is 32.2. The molecule has 0 saturated heterocycles. The molecule has 0 bridgehead atoms. The number of thioether (sulfide) groups is 1. The lowest BCUT2D eigenvalue weighted by Crippen LogP contribution is -2.06. The van der Waals surface area contributed by atoms with Crippen molar-refractivity contribution in [2.75, 3.05) is 5.32 Å². The summed E-state index contributed by atoms with van der Waals surface area (Å²) in [7, 11) is 0. The largest absolute Gasteiger partial charge is 0.416 e. The molecule has 0 atom stereocenters. The van der Waals surface area contributed by atoms with Crippen LogP contribution in [0.3, 0.4) is 0 Å². The Hall–Kier alpha value is -2.97. The van der Waals surface area contributed by atoms with E-state index in [4.69, 9.17) is 10.5 Å². The molecule has 1 aromatic carbocycles. The monoisotopic (exact) mass is 360 g/mol. The zero-order chi connectivity index (χ0) is 18.3. The van der Waals surface area contributed by atoms with Crippen LogP contribution in [-0.4, -0.2) is 4.98 Å². The van der Waals surface area contributed by atoms with E-state index in [-0.39, 0.29) is 16.3 Å². The number of hydrogen-bond donors (Lipinski definition) is 1. The minimum absolute atomic E-state index is 0.148. The van der Waals surface area contributed by atoms with E-state index >= 15 is 0 Å². The van der Waals surface area contributed by atoms with Crippen molar-refractivity contribution in [3.8, 4) is 12.1 Å². The summed E-state index contributed by atoms with van der Waals surface area (Å²) in [6.45, 7) is 0. The molecule has 0 aliphatic rings. The maximum atomic E-state index is 12.8. The Morgan fingerprint density at radius 3 is 2.40 bits per heavy atom. The van der Waals surface area contributed by atoms with Crippen LogP contribution in [0.15, 0.2) is 59.4 Å². The van der Waals surface area contributed by atoms with E-state index in [0.29, 0.717) is 5.75 Å². The lowest BCUT2D eigenvalue weighted by atomic mass is 10.2. The third kappa shape index (κ3) is 5.27. The van der Waals surface area contributed by atoms with Crippen LogP contribution in [0.25, 0.3) is 0 Å². The highest BCUT2D eigenvalue weighted by Gasteiger charge is 2.30. The first-order valence-electron chi connectivity index (χ1n) is 6.94. The van der Waals surface area contributed by atoms with Crippen LogP contribution in [0.4, 0.5) is 18.9 Å². The molecule has 0 radical (unpaired) electrons. The number of nitriles is 2. The fourth-order valence-electron chi connectivity index (χ4n) is 1.84.